The van der Waals surface area contributed by atoms with Crippen molar-refractivity contribution in [2.24, 2.45) is 0 Å². The van der Waals surface area contributed by atoms with E-state index in [0.29, 0.717) is 12.4 Å². The number of nitrogen functional groups attached to an aromatic ring is 1. The number of likely N-dealkylation sites (N-methyl/N-ethyl adjacent to an activating group) is 2. The molecule has 9 nitrogen and oxygen atoms in total. The van der Waals surface area contributed by atoms with Gasteiger partial charge < -0.3 is 25.3 Å². The van der Waals surface area contributed by atoms with Crippen LogP contribution >= 0.6 is 13.5 Å². The van der Waals surface area contributed by atoms with E-state index in [1.54, 1.807) is 16.8 Å². The lowest BCUT2D eigenvalue weighted by Crippen LogP contribution is -2.33. The maximum atomic E-state index is 13.7. The number of benzene rings is 1. The fraction of sp³-hybridized carbons (Fsp3) is 0.500. The van der Waals surface area contributed by atoms with Crippen LogP contribution < -0.4 is 15.4 Å². The lowest BCUT2D eigenvalue weighted by atomic mass is 9.99. The van der Waals surface area contributed by atoms with E-state index < -0.39 is 5.92 Å². The fourth-order valence-corrected chi connectivity index (χ4v) is 5.60. The number of carbonyl (C=O) groups excluding carboxylic acids is 1. The Balaban J connectivity index is 0.000000423. The monoisotopic (exact) mass is 603 g/mol. The van der Waals surface area contributed by atoms with E-state index in [0.717, 1.165) is 42.8 Å². The van der Waals surface area contributed by atoms with Crippen LogP contribution in [0.2, 0.25) is 0 Å². The Kier molecular flexibility index (Phi) is 10.8. The molecule has 0 unspecified atom stereocenters. The molecule has 3 N–H and O–H groups in total. The van der Waals surface area contributed by atoms with Gasteiger partial charge in [-0.1, -0.05) is 6.58 Å². The van der Waals surface area contributed by atoms with Crippen molar-refractivity contribution < 1.29 is 18.3 Å². The summed E-state index contributed by atoms with van der Waals surface area (Å²) in [6.45, 7) is 14.3. The minimum atomic E-state index is -2.69. The Morgan fingerprint density at radius 3 is 2.62 bits per heavy atom. The Morgan fingerprint density at radius 1 is 1.31 bits per heavy atom. The average molecular weight is 604 g/mol. The summed E-state index contributed by atoms with van der Waals surface area (Å²) in [7, 11) is 1.68. The number of nitrogens with two attached hydrogens (primary N) is 1. The average Bonchev–Trinajstić information content (AvgIpc) is 3.50. The highest BCUT2D eigenvalue weighted by Gasteiger charge is 2.43. The zero-order chi connectivity index (χ0) is 29.9. The van der Waals surface area contributed by atoms with E-state index in [9.17, 15) is 13.6 Å². The van der Waals surface area contributed by atoms with Gasteiger partial charge in [0, 0.05) is 60.4 Å². The van der Waals surface area contributed by atoms with Crippen molar-refractivity contribution >= 4 is 41.8 Å². The number of hydrogen-bond acceptors (Lipinski definition) is 7. The summed E-state index contributed by atoms with van der Waals surface area (Å²) in [6.07, 6.45) is 3.81. The highest BCUT2D eigenvalue weighted by molar-refractivity contribution is 7.59. The highest BCUT2D eigenvalue weighted by Crippen LogP contribution is 2.36. The van der Waals surface area contributed by atoms with Crippen LogP contribution in [0.1, 0.15) is 42.7 Å². The third-order valence-electron chi connectivity index (χ3n) is 8.03. The van der Waals surface area contributed by atoms with E-state index in [1.807, 2.05) is 20.0 Å². The van der Waals surface area contributed by atoms with Gasteiger partial charge >= 0.3 is 6.01 Å². The van der Waals surface area contributed by atoms with Crippen LogP contribution in [0.5, 0.6) is 6.01 Å². The quantitative estimate of drug-likeness (QED) is 0.381. The van der Waals surface area contributed by atoms with Crippen molar-refractivity contribution in [3.05, 3.63) is 53.4 Å². The Morgan fingerprint density at radius 2 is 2.02 bits per heavy atom. The first-order valence-corrected chi connectivity index (χ1v) is 14.1. The van der Waals surface area contributed by atoms with Crippen LogP contribution in [0, 0.1) is 13.8 Å². The molecule has 42 heavy (non-hydrogen) atoms. The van der Waals surface area contributed by atoms with Crippen molar-refractivity contribution in [3.63, 3.8) is 0 Å². The molecule has 1 atom stereocenters. The molecule has 1 saturated heterocycles. The number of nitrogens with zero attached hydrogens (tertiary/aromatic N) is 5. The lowest BCUT2D eigenvalue weighted by Gasteiger charge is -2.32. The van der Waals surface area contributed by atoms with Gasteiger partial charge in [-0.05, 0) is 70.5 Å². The molecule has 0 bridgehead atoms. The Hall–Kier alpha value is -3.38. The number of H-pyrrole nitrogens is 1. The van der Waals surface area contributed by atoms with Crippen LogP contribution in [-0.4, -0.2) is 82.5 Å². The second-order valence-corrected chi connectivity index (χ2v) is 10.7. The van der Waals surface area contributed by atoms with E-state index in [-0.39, 0.29) is 51.0 Å². The van der Waals surface area contributed by atoms with Crippen LogP contribution in [-0.2, 0) is 17.8 Å². The van der Waals surface area contributed by atoms with Gasteiger partial charge in [-0.2, -0.15) is 23.5 Å². The van der Waals surface area contributed by atoms with Crippen LogP contribution in [0.15, 0.2) is 31.0 Å². The number of likely N-dealkylation sites (tertiary alicyclic amines) is 1. The van der Waals surface area contributed by atoms with Gasteiger partial charge in [-0.25, -0.2) is 8.78 Å². The molecule has 230 valence electrons. The molecule has 2 aliphatic heterocycles. The number of hydrogen-bond donors (Lipinski definition) is 2. The summed E-state index contributed by atoms with van der Waals surface area (Å²) in [5.41, 5.74) is 12.8. The lowest BCUT2D eigenvalue weighted by molar-refractivity contribution is -0.125. The summed E-state index contributed by atoms with van der Waals surface area (Å²) >= 11 is 0. The maximum Gasteiger partial charge on any atom is 0.318 e. The van der Waals surface area contributed by atoms with E-state index >= 15 is 0 Å². The number of nitrogens with one attached hydrogen (secondary N) is 1. The molecule has 0 spiro atoms. The molecule has 1 amide bonds. The molecule has 2 aliphatic rings. The number of aryl methyl sites for hydroxylation is 1. The maximum absolute atomic E-state index is 13.7. The Labute approximate surface area is 253 Å². The minimum absolute atomic E-state index is 0. The van der Waals surface area contributed by atoms with Gasteiger partial charge in [0.1, 0.15) is 12.4 Å². The van der Waals surface area contributed by atoms with Gasteiger partial charge in [0.2, 0.25) is 5.91 Å². The third kappa shape index (κ3) is 7.15. The number of carbonyl (C=O) groups is 1. The van der Waals surface area contributed by atoms with E-state index in [2.05, 4.69) is 52.4 Å². The number of halogens is 2. The van der Waals surface area contributed by atoms with E-state index in [4.69, 9.17) is 10.5 Å². The van der Waals surface area contributed by atoms with Gasteiger partial charge in [0.15, 0.2) is 0 Å². The number of rotatable bonds is 7. The molecule has 4 heterocycles. The minimum Gasteiger partial charge on any atom is -0.462 e. The molecular weight excluding hydrogens is 560 g/mol. The van der Waals surface area contributed by atoms with Gasteiger partial charge in [0.05, 0.1) is 18.8 Å². The second kappa shape index (κ2) is 13.7. The van der Waals surface area contributed by atoms with Crippen molar-refractivity contribution in [1.29, 1.82) is 0 Å². The first-order valence-electron chi connectivity index (χ1n) is 14.1. The largest absolute Gasteiger partial charge is 0.462 e. The smallest absolute Gasteiger partial charge is 0.318 e. The number of aromatic nitrogens is 3. The summed E-state index contributed by atoms with van der Waals surface area (Å²) in [4.78, 5) is 28.7. The summed E-state index contributed by atoms with van der Waals surface area (Å²) < 4.78 is 33.1. The number of anilines is 2. The number of ether oxygens (including phenoxy) is 1. The van der Waals surface area contributed by atoms with Crippen molar-refractivity contribution in [2.75, 3.05) is 50.5 Å². The number of fused-ring (bicyclic) bond motifs is 2. The normalized spacial score (nSPS) is 17.6. The SMILES string of the molecule is C=CC(=O)N(CC)CC.Cc1cc2[nH]ccc2c(N2CCc3c(N)nc(OC[C@@H]4CC(F)(F)CN4C)nc3C2)c1C.S. The summed E-state index contributed by atoms with van der Waals surface area (Å²) in [6, 6.07) is 4.05. The zero-order valence-electron chi connectivity index (χ0n) is 25.1. The van der Waals surface area contributed by atoms with Gasteiger partial charge in [-0.3, -0.25) is 9.69 Å². The summed E-state index contributed by atoms with van der Waals surface area (Å²) in [5, 5.41) is 1.18. The third-order valence-corrected chi connectivity index (χ3v) is 8.03. The predicted octanol–water partition coefficient (Wildman–Crippen LogP) is 4.59. The van der Waals surface area contributed by atoms with Gasteiger partial charge in [0.25, 0.3) is 5.92 Å². The number of aromatic amines is 1. The van der Waals surface area contributed by atoms with Gasteiger partial charge in [-0.15, -0.1) is 0 Å². The second-order valence-electron chi connectivity index (χ2n) is 10.7. The number of amides is 1. The molecule has 1 fully saturated rings. The fourth-order valence-electron chi connectivity index (χ4n) is 5.60. The molecule has 5 rings (SSSR count). The molecule has 3 aromatic rings. The molecule has 12 heteroatoms. The molecule has 0 saturated carbocycles. The van der Waals surface area contributed by atoms with Crippen molar-refractivity contribution in [2.45, 2.75) is 59.0 Å². The van der Waals surface area contributed by atoms with Crippen LogP contribution in [0.25, 0.3) is 10.9 Å². The Bertz CT molecular complexity index is 1410. The predicted molar refractivity (Wildman–Crippen MR) is 169 cm³/mol. The topological polar surface area (TPSA) is 104 Å². The molecule has 2 aromatic heterocycles. The van der Waals surface area contributed by atoms with Crippen molar-refractivity contribution in [3.8, 4) is 6.01 Å². The van der Waals surface area contributed by atoms with E-state index in [1.165, 1.54) is 28.3 Å². The van der Waals surface area contributed by atoms with Crippen molar-refractivity contribution in [1.82, 2.24) is 24.8 Å². The molecule has 1 aromatic carbocycles. The first-order chi connectivity index (χ1) is 19.5. The highest BCUT2D eigenvalue weighted by atomic mass is 32.1. The zero-order valence-corrected chi connectivity index (χ0v) is 26.1. The molecular formula is C30H43F2N7O2S. The summed E-state index contributed by atoms with van der Waals surface area (Å²) in [5.74, 6) is -2.27. The first kappa shape index (κ1) is 33.1. The standard InChI is InChI=1S/C23H28F2N6O.C7H13NO.H2S/c1-13-8-18-16(4-6-27-18)20(14(13)2)31-7-5-17-19(10-31)28-22(29-21(17)26)32-11-15-9-23(24,25)12-30(15)3;1-4-7(9)8(5-2)6-3;/h4,6,8,15,27H,5,7,9-12H2,1-3H3,(H2,26,28,29);4H,1,5-6H2,2-3H3;1H2/t15-;;/m0../s1. The molecule has 0 radical (unpaired) electrons. The van der Waals surface area contributed by atoms with Crippen LogP contribution in [0.3, 0.4) is 0 Å². The van der Waals surface area contributed by atoms with Crippen LogP contribution in [0.4, 0.5) is 20.3 Å². The molecule has 0 aliphatic carbocycles. The number of alkyl halides is 2.